The van der Waals surface area contributed by atoms with Crippen LogP contribution in [0.5, 0.6) is 0 Å². The van der Waals surface area contributed by atoms with E-state index in [2.05, 4.69) is 13.8 Å². The number of rotatable bonds is 13. The Hall–Kier alpha value is -0.530. The van der Waals surface area contributed by atoms with Crippen molar-refractivity contribution in [2.24, 2.45) is 5.92 Å². The summed E-state index contributed by atoms with van der Waals surface area (Å²) in [4.78, 5) is 11.6. The standard InChI is InChI=1S/C17H34O2/c1-4-7-9-10-12-14-16(13-11-8-5-2)15-17(18)19-6-3/h16H,4-15H2,1-3H3. The van der Waals surface area contributed by atoms with E-state index >= 15 is 0 Å². The van der Waals surface area contributed by atoms with Crippen molar-refractivity contribution in [3.63, 3.8) is 0 Å². The average Bonchev–Trinajstić information content (AvgIpc) is 2.38. The van der Waals surface area contributed by atoms with Gasteiger partial charge in [0.05, 0.1) is 6.61 Å². The number of carbonyl (C=O) groups excluding carboxylic acids is 1. The van der Waals surface area contributed by atoms with Gasteiger partial charge in [-0.3, -0.25) is 4.79 Å². The summed E-state index contributed by atoms with van der Waals surface area (Å²) < 4.78 is 5.08. The van der Waals surface area contributed by atoms with E-state index in [1.165, 1.54) is 64.2 Å². The van der Waals surface area contributed by atoms with E-state index in [9.17, 15) is 4.79 Å². The highest BCUT2D eigenvalue weighted by atomic mass is 16.5. The molecule has 0 aromatic carbocycles. The molecule has 0 aliphatic heterocycles. The van der Waals surface area contributed by atoms with Crippen LogP contribution in [-0.2, 0) is 9.53 Å². The first-order valence-corrected chi connectivity index (χ1v) is 8.40. The van der Waals surface area contributed by atoms with Crippen LogP contribution in [0.3, 0.4) is 0 Å². The normalized spacial score (nSPS) is 12.4. The molecule has 19 heavy (non-hydrogen) atoms. The quantitative estimate of drug-likeness (QED) is 0.326. The van der Waals surface area contributed by atoms with Crippen molar-refractivity contribution in [3.8, 4) is 0 Å². The zero-order valence-corrected chi connectivity index (χ0v) is 13.4. The van der Waals surface area contributed by atoms with Crippen molar-refractivity contribution in [3.05, 3.63) is 0 Å². The summed E-state index contributed by atoms with van der Waals surface area (Å²) in [6, 6.07) is 0. The van der Waals surface area contributed by atoms with Crippen LogP contribution in [-0.4, -0.2) is 12.6 Å². The molecule has 0 rings (SSSR count). The molecule has 0 heterocycles. The van der Waals surface area contributed by atoms with Gasteiger partial charge in [-0.25, -0.2) is 0 Å². The molecule has 0 bridgehead atoms. The van der Waals surface area contributed by atoms with Crippen LogP contribution in [0, 0.1) is 5.92 Å². The molecule has 0 saturated carbocycles. The molecule has 0 saturated heterocycles. The van der Waals surface area contributed by atoms with Crippen LogP contribution < -0.4 is 0 Å². The van der Waals surface area contributed by atoms with Crippen LogP contribution in [0.4, 0.5) is 0 Å². The van der Waals surface area contributed by atoms with Gasteiger partial charge in [0.1, 0.15) is 0 Å². The Balaban J connectivity index is 3.85. The van der Waals surface area contributed by atoms with Crippen LogP contribution in [0.15, 0.2) is 0 Å². The van der Waals surface area contributed by atoms with Gasteiger partial charge in [-0.15, -0.1) is 0 Å². The van der Waals surface area contributed by atoms with Gasteiger partial charge >= 0.3 is 5.97 Å². The lowest BCUT2D eigenvalue weighted by molar-refractivity contribution is -0.144. The molecule has 0 spiro atoms. The highest BCUT2D eigenvalue weighted by molar-refractivity contribution is 5.69. The van der Waals surface area contributed by atoms with Gasteiger partial charge in [0.2, 0.25) is 0 Å². The molecule has 2 heteroatoms. The van der Waals surface area contributed by atoms with Crippen molar-refractivity contribution >= 4 is 5.97 Å². The van der Waals surface area contributed by atoms with Gasteiger partial charge in [0.25, 0.3) is 0 Å². The smallest absolute Gasteiger partial charge is 0.306 e. The van der Waals surface area contributed by atoms with Crippen molar-refractivity contribution in [2.75, 3.05) is 6.61 Å². The highest BCUT2D eigenvalue weighted by Gasteiger charge is 2.14. The van der Waals surface area contributed by atoms with Gasteiger partial charge < -0.3 is 4.74 Å². The maximum absolute atomic E-state index is 11.6. The number of carbonyl (C=O) groups is 1. The van der Waals surface area contributed by atoms with Crippen molar-refractivity contribution in [1.29, 1.82) is 0 Å². The van der Waals surface area contributed by atoms with Gasteiger partial charge in [-0.2, -0.15) is 0 Å². The SMILES string of the molecule is CCCCCCCC(CCCCC)CC(=O)OCC. The molecular weight excluding hydrogens is 236 g/mol. The van der Waals surface area contributed by atoms with Crippen molar-refractivity contribution in [1.82, 2.24) is 0 Å². The number of ether oxygens (including phenoxy) is 1. The van der Waals surface area contributed by atoms with E-state index in [0.29, 0.717) is 18.9 Å². The minimum Gasteiger partial charge on any atom is -0.466 e. The van der Waals surface area contributed by atoms with Gasteiger partial charge in [-0.1, -0.05) is 65.2 Å². The van der Waals surface area contributed by atoms with Gasteiger partial charge in [-0.05, 0) is 25.7 Å². The molecule has 0 aromatic rings. The third kappa shape index (κ3) is 12.3. The van der Waals surface area contributed by atoms with E-state index in [1.54, 1.807) is 0 Å². The Morgan fingerprint density at radius 1 is 0.842 bits per heavy atom. The van der Waals surface area contributed by atoms with Crippen LogP contribution in [0.1, 0.15) is 91.4 Å². The lowest BCUT2D eigenvalue weighted by Crippen LogP contribution is -2.12. The lowest BCUT2D eigenvalue weighted by Gasteiger charge is -2.15. The fraction of sp³-hybridized carbons (Fsp3) is 0.941. The summed E-state index contributed by atoms with van der Waals surface area (Å²) in [5.41, 5.74) is 0. The Labute approximate surface area is 120 Å². The summed E-state index contributed by atoms with van der Waals surface area (Å²) >= 11 is 0. The molecule has 0 aliphatic rings. The van der Waals surface area contributed by atoms with Crippen LogP contribution in [0.25, 0.3) is 0 Å². The first kappa shape index (κ1) is 18.5. The maximum Gasteiger partial charge on any atom is 0.306 e. The van der Waals surface area contributed by atoms with E-state index < -0.39 is 0 Å². The summed E-state index contributed by atoms with van der Waals surface area (Å²) in [7, 11) is 0. The Morgan fingerprint density at radius 3 is 1.95 bits per heavy atom. The zero-order chi connectivity index (χ0) is 14.3. The molecule has 0 amide bonds. The van der Waals surface area contributed by atoms with Crippen molar-refractivity contribution < 1.29 is 9.53 Å². The average molecular weight is 270 g/mol. The maximum atomic E-state index is 11.6. The molecule has 0 aromatic heterocycles. The molecule has 0 radical (unpaired) electrons. The largest absolute Gasteiger partial charge is 0.466 e. The second kappa shape index (κ2) is 13.9. The van der Waals surface area contributed by atoms with Crippen LogP contribution in [0.2, 0.25) is 0 Å². The molecule has 2 nitrogen and oxygen atoms in total. The molecule has 1 unspecified atom stereocenters. The Morgan fingerprint density at radius 2 is 1.37 bits per heavy atom. The monoisotopic (exact) mass is 270 g/mol. The summed E-state index contributed by atoms with van der Waals surface area (Å²) in [5, 5.41) is 0. The molecule has 0 fully saturated rings. The number of hydrogen-bond donors (Lipinski definition) is 0. The number of hydrogen-bond acceptors (Lipinski definition) is 2. The second-order valence-corrected chi connectivity index (χ2v) is 5.57. The lowest BCUT2D eigenvalue weighted by atomic mass is 9.92. The van der Waals surface area contributed by atoms with E-state index in [4.69, 9.17) is 4.74 Å². The second-order valence-electron chi connectivity index (χ2n) is 5.57. The minimum absolute atomic E-state index is 0.00226. The number of esters is 1. The fourth-order valence-corrected chi connectivity index (χ4v) is 2.52. The summed E-state index contributed by atoms with van der Waals surface area (Å²) in [6.45, 7) is 6.87. The third-order valence-corrected chi connectivity index (χ3v) is 3.69. The fourth-order valence-electron chi connectivity index (χ4n) is 2.52. The van der Waals surface area contributed by atoms with Crippen molar-refractivity contribution in [2.45, 2.75) is 91.4 Å². The first-order chi connectivity index (χ1) is 9.24. The molecule has 0 N–H and O–H groups in total. The van der Waals surface area contributed by atoms with E-state index in [1.807, 2.05) is 6.92 Å². The van der Waals surface area contributed by atoms with Gasteiger partial charge in [0, 0.05) is 6.42 Å². The van der Waals surface area contributed by atoms with Gasteiger partial charge in [0.15, 0.2) is 0 Å². The zero-order valence-electron chi connectivity index (χ0n) is 13.4. The summed E-state index contributed by atoms with van der Waals surface area (Å²) in [6.07, 6.45) is 13.4. The first-order valence-electron chi connectivity index (χ1n) is 8.40. The molecule has 114 valence electrons. The predicted octanol–water partition coefficient (Wildman–Crippen LogP) is 5.50. The number of unbranched alkanes of at least 4 members (excludes halogenated alkanes) is 6. The van der Waals surface area contributed by atoms with E-state index in [-0.39, 0.29) is 5.97 Å². The topological polar surface area (TPSA) is 26.3 Å². The Bertz CT molecular complexity index is 201. The molecule has 1 atom stereocenters. The highest BCUT2D eigenvalue weighted by Crippen LogP contribution is 2.21. The van der Waals surface area contributed by atoms with Crippen LogP contribution >= 0.6 is 0 Å². The van der Waals surface area contributed by atoms with E-state index in [0.717, 1.165) is 0 Å². The molecule has 0 aliphatic carbocycles. The minimum atomic E-state index is -0.00226. The molecular formula is C17H34O2. The Kier molecular flexibility index (Phi) is 13.5. The third-order valence-electron chi connectivity index (χ3n) is 3.69. The summed E-state index contributed by atoms with van der Waals surface area (Å²) in [5.74, 6) is 0.546. The predicted molar refractivity (Wildman–Crippen MR) is 82.3 cm³/mol.